The number of fused-ring (bicyclic) bond motifs is 1. The first-order chi connectivity index (χ1) is 14.4. The minimum absolute atomic E-state index is 0.00193. The van der Waals surface area contributed by atoms with E-state index in [1.165, 1.54) is 24.3 Å². The monoisotopic (exact) mass is 411 g/mol. The molecule has 1 saturated heterocycles. The molecular formula is C22H22FN3O4. The first kappa shape index (κ1) is 19.9. The van der Waals surface area contributed by atoms with Crippen LogP contribution in [0.4, 0.5) is 4.39 Å². The van der Waals surface area contributed by atoms with Gasteiger partial charge in [0.25, 0.3) is 5.91 Å². The average molecular weight is 411 g/mol. The molecule has 4 rings (SSSR count). The smallest absolute Gasteiger partial charge is 0.270 e. The second-order valence-corrected chi connectivity index (χ2v) is 7.41. The van der Waals surface area contributed by atoms with Crippen molar-refractivity contribution in [1.29, 1.82) is 0 Å². The summed E-state index contributed by atoms with van der Waals surface area (Å²) in [7, 11) is 0. The molecule has 1 fully saturated rings. The fourth-order valence-corrected chi connectivity index (χ4v) is 3.69. The standard InChI is InChI=1S/C22H22FN3O4/c23-16-5-7-17(8-6-16)29-14-22(12-20(24)27)13-26(9-10-30-22)21(28)19-11-15-3-1-2-4-18(15)25-19/h1-8,11,25H,9-10,12-14H2,(H2,24,27). The van der Waals surface area contributed by atoms with Crippen LogP contribution in [0.5, 0.6) is 5.75 Å². The van der Waals surface area contributed by atoms with Crippen LogP contribution in [-0.2, 0) is 9.53 Å². The lowest BCUT2D eigenvalue weighted by molar-refractivity contribution is -0.142. The predicted octanol–water partition coefficient (Wildman–Crippen LogP) is 2.47. The molecule has 1 aliphatic heterocycles. The van der Waals surface area contributed by atoms with Crippen LogP contribution in [0.3, 0.4) is 0 Å². The van der Waals surface area contributed by atoms with Gasteiger partial charge in [-0.15, -0.1) is 0 Å². The van der Waals surface area contributed by atoms with Crippen LogP contribution >= 0.6 is 0 Å². The summed E-state index contributed by atoms with van der Waals surface area (Å²) in [6, 6.07) is 15.0. The van der Waals surface area contributed by atoms with Gasteiger partial charge in [-0.1, -0.05) is 18.2 Å². The number of amides is 2. The van der Waals surface area contributed by atoms with E-state index < -0.39 is 11.5 Å². The van der Waals surface area contributed by atoms with E-state index >= 15 is 0 Å². The van der Waals surface area contributed by atoms with Crippen molar-refractivity contribution in [2.45, 2.75) is 12.0 Å². The molecule has 3 aromatic rings. The number of primary amides is 1. The number of hydrogen-bond donors (Lipinski definition) is 2. The number of para-hydroxylation sites is 1. The summed E-state index contributed by atoms with van der Waals surface area (Å²) in [5.41, 5.74) is 5.70. The number of morpholine rings is 1. The van der Waals surface area contributed by atoms with E-state index in [9.17, 15) is 14.0 Å². The number of halogens is 1. The number of rotatable bonds is 6. The van der Waals surface area contributed by atoms with Gasteiger partial charge < -0.3 is 25.1 Å². The van der Waals surface area contributed by atoms with Crippen LogP contribution in [0.15, 0.2) is 54.6 Å². The van der Waals surface area contributed by atoms with Gasteiger partial charge in [0, 0.05) is 17.4 Å². The predicted molar refractivity (Wildman–Crippen MR) is 109 cm³/mol. The van der Waals surface area contributed by atoms with E-state index in [4.69, 9.17) is 15.2 Å². The lowest BCUT2D eigenvalue weighted by atomic mass is 9.97. The molecule has 7 nitrogen and oxygen atoms in total. The highest BCUT2D eigenvalue weighted by Crippen LogP contribution is 2.26. The lowest BCUT2D eigenvalue weighted by Gasteiger charge is -2.41. The highest BCUT2D eigenvalue weighted by Gasteiger charge is 2.41. The summed E-state index contributed by atoms with van der Waals surface area (Å²) in [6.45, 7) is 0.765. The lowest BCUT2D eigenvalue weighted by Crippen LogP contribution is -2.58. The third-order valence-corrected chi connectivity index (χ3v) is 5.11. The minimum atomic E-state index is -1.08. The Hall–Kier alpha value is -3.39. The number of benzene rings is 2. The van der Waals surface area contributed by atoms with Crippen molar-refractivity contribution in [2.75, 3.05) is 26.3 Å². The fraction of sp³-hybridized carbons (Fsp3) is 0.273. The number of aromatic amines is 1. The summed E-state index contributed by atoms with van der Waals surface area (Å²) in [6.07, 6.45) is -0.106. The van der Waals surface area contributed by atoms with Gasteiger partial charge in [-0.3, -0.25) is 9.59 Å². The van der Waals surface area contributed by atoms with Gasteiger partial charge in [0.1, 0.15) is 29.5 Å². The number of nitrogens with one attached hydrogen (secondary N) is 1. The van der Waals surface area contributed by atoms with E-state index in [1.54, 1.807) is 11.0 Å². The third-order valence-electron chi connectivity index (χ3n) is 5.11. The van der Waals surface area contributed by atoms with E-state index in [2.05, 4.69) is 4.98 Å². The van der Waals surface area contributed by atoms with Crippen LogP contribution in [-0.4, -0.2) is 53.6 Å². The molecule has 1 aliphatic rings. The molecule has 0 radical (unpaired) electrons. The van der Waals surface area contributed by atoms with Crippen molar-refractivity contribution < 1.29 is 23.5 Å². The van der Waals surface area contributed by atoms with Gasteiger partial charge in [-0.2, -0.15) is 0 Å². The van der Waals surface area contributed by atoms with Crippen molar-refractivity contribution in [2.24, 2.45) is 5.73 Å². The van der Waals surface area contributed by atoms with E-state index in [0.717, 1.165) is 10.9 Å². The van der Waals surface area contributed by atoms with E-state index in [1.807, 2.05) is 24.3 Å². The number of ether oxygens (including phenoxy) is 2. The molecule has 0 bridgehead atoms. The van der Waals surface area contributed by atoms with Crippen LogP contribution in [0.25, 0.3) is 10.9 Å². The van der Waals surface area contributed by atoms with E-state index in [0.29, 0.717) is 18.0 Å². The number of nitrogens with zero attached hydrogens (tertiary/aromatic N) is 1. The Morgan fingerprint density at radius 3 is 2.70 bits per heavy atom. The van der Waals surface area contributed by atoms with E-state index in [-0.39, 0.29) is 37.9 Å². The zero-order valence-electron chi connectivity index (χ0n) is 16.3. The second-order valence-electron chi connectivity index (χ2n) is 7.41. The normalized spacial score (nSPS) is 19.0. The van der Waals surface area contributed by atoms with Crippen LogP contribution in [0, 0.1) is 5.82 Å². The molecule has 30 heavy (non-hydrogen) atoms. The van der Waals surface area contributed by atoms with Gasteiger partial charge in [-0.25, -0.2) is 4.39 Å². The Kier molecular flexibility index (Phi) is 5.41. The molecule has 8 heteroatoms. The molecule has 0 saturated carbocycles. The van der Waals surface area contributed by atoms with Gasteiger partial charge in [0.15, 0.2) is 0 Å². The Morgan fingerprint density at radius 2 is 1.97 bits per heavy atom. The fourth-order valence-electron chi connectivity index (χ4n) is 3.69. The number of aromatic nitrogens is 1. The SMILES string of the molecule is NC(=O)CC1(COc2ccc(F)cc2)CN(C(=O)c2cc3ccccc3[nH]2)CCO1. The number of nitrogens with two attached hydrogens (primary N) is 1. The first-order valence-electron chi connectivity index (χ1n) is 9.62. The number of carbonyl (C=O) groups is 2. The maximum absolute atomic E-state index is 13.1. The van der Waals surface area contributed by atoms with Gasteiger partial charge >= 0.3 is 0 Å². The average Bonchev–Trinajstić information content (AvgIpc) is 3.17. The zero-order chi connectivity index (χ0) is 21.1. The van der Waals surface area contributed by atoms with Gasteiger partial charge in [0.05, 0.1) is 19.6 Å². The molecule has 0 spiro atoms. The van der Waals surface area contributed by atoms with Gasteiger partial charge in [-0.05, 0) is 36.4 Å². The first-order valence-corrected chi connectivity index (χ1v) is 9.62. The van der Waals surface area contributed by atoms with Gasteiger partial charge in [0.2, 0.25) is 5.91 Å². The van der Waals surface area contributed by atoms with Crippen molar-refractivity contribution in [1.82, 2.24) is 9.88 Å². The maximum atomic E-state index is 13.1. The molecule has 1 atom stereocenters. The Labute approximate surface area is 172 Å². The zero-order valence-corrected chi connectivity index (χ0v) is 16.3. The topological polar surface area (TPSA) is 97.7 Å². The van der Waals surface area contributed by atoms with Crippen LogP contribution < -0.4 is 10.5 Å². The van der Waals surface area contributed by atoms with Crippen molar-refractivity contribution in [3.8, 4) is 5.75 Å². The summed E-state index contributed by atoms with van der Waals surface area (Å²) in [4.78, 5) is 29.6. The molecule has 2 amide bonds. The second kappa shape index (κ2) is 8.16. The molecule has 0 aliphatic carbocycles. The van der Waals surface area contributed by atoms with Crippen LogP contribution in [0.1, 0.15) is 16.9 Å². The Bertz CT molecular complexity index is 1030. The molecule has 2 heterocycles. The number of H-pyrrole nitrogens is 1. The third kappa shape index (κ3) is 4.28. The number of hydrogen-bond acceptors (Lipinski definition) is 4. The highest BCUT2D eigenvalue weighted by molar-refractivity contribution is 5.98. The summed E-state index contributed by atoms with van der Waals surface area (Å²) in [5.74, 6) is -0.691. The summed E-state index contributed by atoms with van der Waals surface area (Å²) < 4.78 is 24.8. The molecule has 156 valence electrons. The van der Waals surface area contributed by atoms with Crippen molar-refractivity contribution in [3.05, 3.63) is 66.1 Å². The van der Waals surface area contributed by atoms with Crippen LogP contribution in [0.2, 0.25) is 0 Å². The van der Waals surface area contributed by atoms with Crippen molar-refractivity contribution in [3.63, 3.8) is 0 Å². The molecule has 3 N–H and O–H groups in total. The Balaban J connectivity index is 1.52. The van der Waals surface area contributed by atoms with Crippen molar-refractivity contribution >= 4 is 22.7 Å². The maximum Gasteiger partial charge on any atom is 0.270 e. The molecule has 2 aromatic carbocycles. The quantitative estimate of drug-likeness (QED) is 0.651. The molecule has 1 unspecified atom stereocenters. The minimum Gasteiger partial charge on any atom is -0.490 e. The molecule has 1 aromatic heterocycles. The Morgan fingerprint density at radius 1 is 1.20 bits per heavy atom. The highest BCUT2D eigenvalue weighted by atomic mass is 19.1. The largest absolute Gasteiger partial charge is 0.490 e. The summed E-state index contributed by atoms with van der Waals surface area (Å²) in [5, 5.41) is 0.942. The summed E-state index contributed by atoms with van der Waals surface area (Å²) >= 11 is 0. The number of carbonyl (C=O) groups excluding carboxylic acids is 2. The molecular weight excluding hydrogens is 389 g/mol.